The Balaban J connectivity index is 1.31. The lowest BCUT2D eigenvalue weighted by molar-refractivity contribution is -0.151. The minimum atomic E-state index is -0.550. The second kappa shape index (κ2) is 7.78. The highest BCUT2D eigenvalue weighted by Crippen LogP contribution is 2.49. The summed E-state index contributed by atoms with van der Waals surface area (Å²) in [6.07, 6.45) is 6.31. The van der Waals surface area contributed by atoms with Crippen molar-refractivity contribution in [2.45, 2.75) is 56.9 Å². The molecule has 4 rings (SSSR count). The van der Waals surface area contributed by atoms with Crippen molar-refractivity contribution >= 4 is 11.9 Å². The second-order valence-corrected chi connectivity index (χ2v) is 8.05. The number of benzene rings is 2. The summed E-state index contributed by atoms with van der Waals surface area (Å²) in [6.45, 7) is 1.74. The molecule has 0 bridgehead atoms. The van der Waals surface area contributed by atoms with Gasteiger partial charge in [-0.05, 0) is 67.7 Å². The molecule has 1 saturated carbocycles. The maximum Gasteiger partial charge on any atom is 0.317 e. The Morgan fingerprint density at radius 2 is 1.75 bits per heavy atom. The van der Waals surface area contributed by atoms with Crippen LogP contribution >= 0.6 is 0 Å². The molecule has 0 aliphatic heterocycles. The molecular weight excluding hydrogens is 350 g/mol. The molecule has 2 aliphatic rings. The van der Waals surface area contributed by atoms with Gasteiger partial charge in [0.1, 0.15) is 0 Å². The maximum atomic E-state index is 12.5. The average Bonchev–Trinajstić information content (AvgIpc) is 3.54. The molecule has 0 spiro atoms. The molecular formula is C24H27NO3. The number of hydrogen-bond donors (Lipinski definition) is 1. The zero-order chi connectivity index (χ0) is 19.6. The van der Waals surface area contributed by atoms with E-state index in [2.05, 4.69) is 23.5 Å². The van der Waals surface area contributed by atoms with Gasteiger partial charge in [0, 0.05) is 0 Å². The second-order valence-electron chi connectivity index (χ2n) is 8.05. The van der Waals surface area contributed by atoms with Gasteiger partial charge in [-0.3, -0.25) is 9.59 Å². The van der Waals surface area contributed by atoms with E-state index in [0.29, 0.717) is 0 Å². The number of fused-ring (bicyclic) bond motifs is 1. The van der Waals surface area contributed by atoms with Crippen molar-refractivity contribution in [3.8, 4) is 0 Å². The van der Waals surface area contributed by atoms with Gasteiger partial charge in [0.15, 0.2) is 6.61 Å². The Bertz CT molecular complexity index is 871. The Morgan fingerprint density at radius 1 is 1.04 bits per heavy atom. The normalized spacial score (nSPS) is 17.9. The third-order valence-electron chi connectivity index (χ3n) is 6.05. The van der Waals surface area contributed by atoms with Crippen molar-refractivity contribution in [3.05, 3.63) is 70.8 Å². The van der Waals surface area contributed by atoms with Crippen LogP contribution in [-0.4, -0.2) is 18.5 Å². The largest absolute Gasteiger partial charge is 0.455 e. The van der Waals surface area contributed by atoms with Crippen molar-refractivity contribution in [1.82, 2.24) is 5.32 Å². The molecule has 0 heterocycles. The first-order valence-corrected chi connectivity index (χ1v) is 10.2. The van der Waals surface area contributed by atoms with E-state index in [0.717, 1.165) is 36.8 Å². The molecule has 4 nitrogen and oxygen atoms in total. The maximum absolute atomic E-state index is 12.5. The van der Waals surface area contributed by atoms with E-state index in [1.165, 1.54) is 24.0 Å². The van der Waals surface area contributed by atoms with Crippen LogP contribution in [0.4, 0.5) is 0 Å². The predicted octanol–water partition coefficient (Wildman–Crippen LogP) is 4.02. The lowest BCUT2D eigenvalue weighted by atomic mass is 9.89. The molecule has 28 heavy (non-hydrogen) atoms. The molecule has 4 heteroatoms. The number of ether oxygens (including phenoxy) is 1. The number of carbonyl (C=O) groups excluding carboxylic acids is 2. The van der Waals surface area contributed by atoms with E-state index in [4.69, 9.17) is 4.74 Å². The van der Waals surface area contributed by atoms with E-state index in [1.807, 2.05) is 37.3 Å². The summed E-state index contributed by atoms with van der Waals surface area (Å²) >= 11 is 0. The van der Waals surface area contributed by atoms with E-state index >= 15 is 0 Å². The highest BCUT2D eigenvalue weighted by molar-refractivity contribution is 5.89. The monoisotopic (exact) mass is 377 g/mol. The summed E-state index contributed by atoms with van der Waals surface area (Å²) in [5.41, 5.74) is 4.35. The Kier molecular flexibility index (Phi) is 5.21. The van der Waals surface area contributed by atoms with Crippen molar-refractivity contribution in [3.63, 3.8) is 0 Å². The number of carbonyl (C=O) groups is 2. The molecule has 2 aromatic carbocycles. The summed E-state index contributed by atoms with van der Waals surface area (Å²) in [4.78, 5) is 24.9. The first kappa shape index (κ1) is 18.7. The van der Waals surface area contributed by atoms with Gasteiger partial charge in [-0.2, -0.15) is 0 Å². The van der Waals surface area contributed by atoms with Crippen LogP contribution in [0.5, 0.6) is 0 Å². The molecule has 2 aromatic rings. The van der Waals surface area contributed by atoms with Gasteiger partial charge in [-0.25, -0.2) is 0 Å². The first-order valence-electron chi connectivity index (χ1n) is 10.2. The van der Waals surface area contributed by atoms with Gasteiger partial charge in [0.05, 0.1) is 11.5 Å². The molecule has 1 amide bonds. The molecule has 0 saturated heterocycles. The van der Waals surface area contributed by atoms with Crippen LogP contribution in [0.25, 0.3) is 0 Å². The predicted molar refractivity (Wildman–Crippen MR) is 108 cm³/mol. The van der Waals surface area contributed by atoms with E-state index in [9.17, 15) is 9.59 Å². The van der Waals surface area contributed by atoms with Crippen LogP contribution in [0, 0.1) is 0 Å². The van der Waals surface area contributed by atoms with Crippen molar-refractivity contribution in [1.29, 1.82) is 0 Å². The lowest BCUT2D eigenvalue weighted by Crippen LogP contribution is -2.33. The Hall–Kier alpha value is -2.62. The van der Waals surface area contributed by atoms with Crippen molar-refractivity contribution < 1.29 is 14.3 Å². The zero-order valence-corrected chi connectivity index (χ0v) is 16.4. The van der Waals surface area contributed by atoms with Gasteiger partial charge < -0.3 is 10.1 Å². The van der Waals surface area contributed by atoms with Crippen molar-refractivity contribution in [2.24, 2.45) is 0 Å². The van der Waals surface area contributed by atoms with E-state index in [1.54, 1.807) is 0 Å². The standard InChI is InChI=1S/C24H27NO3/c1-17(19-12-11-18-7-5-6-8-20(18)15-19)25-22(26)16-28-23(27)24(13-14-24)21-9-3-2-4-10-21/h2-4,9-12,15,17H,5-8,13-14,16H2,1H3,(H,25,26)/t17-/m0/s1. The van der Waals surface area contributed by atoms with E-state index < -0.39 is 5.41 Å². The van der Waals surface area contributed by atoms with Crippen LogP contribution in [0.15, 0.2) is 48.5 Å². The Labute approximate surface area is 166 Å². The van der Waals surface area contributed by atoms with Crippen LogP contribution in [0.2, 0.25) is 0 Å². The minimum absolute atomic E-state index is 0.109. The lowest BCUT2D eigenvalue weighted by Gasteiger charge is -2.20. The summed E-state index contributed by atoms with van der Waals surface area (Å²) in [5.74, 6) is -0.558. The van der Waals surface area contributed by atoms with Gasteiger partial charge in [0.25, 0.3) is 5.91 Å². The average molecular weight is 377 g/mol. The summed E-state index contributed by atoms with van der Waals surface area (Å²) in [6, 6.07) is 16.1. The molecule has 0 radical (unpaired) electrons. The number of nitrogens with one attached hydrogen (secondary N) is 1. The molecule has 1 fully saturated rings. The number of rotatable bonds is 6. The highest BCUT2D eigenvalue weighted by atomic mass is 16.5. The molecule has 2 aliphatic carbocycles. The third kappa shape index (κ3) is 3.82. The molecule has 1 N–H and O–H groups in total. The molecule has 1 atom stereocenters. The van der Waals surface area contributed by atoms with E-state index in [-0.39, 0.29) is 24.5 Å². The number of amides is 1. The summed E-state index contributed by atoms with van der Waals surface area (Å²) in [5, 5.41) is 2.95. The highest BCUT2D eigenvalue weighted by Gasteiger charge is 2.52. The van der Waals surface area contributed by atoms with Gasteiger partial charge >= 0.3 is 5.97 Å². The first-order chi connectivity index (χ1) is 13.6. The third-order valence-corrected chi connectivity index (χ3v) is 6.05. The van der Waals surface area contributed by atoms with Gasteiger partial charge in [-0.15, -0.1) is 0 Å². The fourth-order valence-electron chi connectivity index (χ4n) is 4.15. The fourth-order valence-corrected chi connectivity index (χ4v) is 4.15. The number of esters is 1. The smallest absolute Gasteiger partial charge is 0.317 e. The number of hydrogen-bond acceptors (Lipinski definition) is 3. The zero-order valence-electron chi connectivity index (χ0n) is 16.4. The molecule has 0 unspecified atom stereocenters. The molecule has 0 aromatic heterocycles. The number of aryl methyl sites for hydroxylation is 2. The quantitative estimate of drug-likeness (QED) is 0.774. The minimum Gasteiger partial charge on any atom is -0.455 e. The molecule has 146 valence electrons. The topological polar surface area (TPSA) is 55.4 Å². The van der Waals surface area contributed by atoms with Gasteiger partial charge in [0.2, 0.25) is 0 Å². The fraction of sp³-hybridized carbons (Fsp3) is 0.417. The van der Waals surface area contributed by atoms with Crippen LogP contribution in [-0.2, 0) is 32.6 Å². The van der Waals surface area contributed by atoms with Crippen molar-refractivity contribution in [2.75, 3.05) is 6.61 Å². The van der Waals surface area contributed by atoms with Crippen LogP contribution in [0.3, 0.4) is 0 Å². The van der Waals surface area contributed by atoms with Crippen LogP contribution < -0.4 is 5.32 Å². The van der Waals surface area contributed by atoms with Crippen LogP contribution in [0.1, 0.15) is 60.9 Å². The van der Waals surface area contributed by atoms with Gasteiger partial charge in [-0.1, -0.05) is 48.5 Å². The summed E-state index contributed by atoms with van der Waals surface area (Å²) < 4.78 is 5.36. The Morgan fingerprint density at radius 3 is 2.46 bits per heavy atom. The summed E-state index contributed by atoms with van der Waals surface area (Å²) in [7, 11) is 0. The SMILES string of the molecule is C[C@H](NC(=O)COC(=O)C1(c2ccccc2)CC1)c1ccc2c(c1)CCCC2.